The van der Waals surface area contributed by atoms with E-state index < -0.39 is 17.6 Å². The van der Waals surface area contributed by atoms with Gasteiger partial charge in [-0.3, -0.25) is 14.5 Å². The van der Waals surface area contributed by atoms with Crippen LogP contribution in [-0.4, -0.2) is 47.8 Å². The standard InChI is InChI=1S/C26H25ClF3N3O2S/c27-22-8-4-2-5-18(22)15-24(34)33-13-11-32(12-14-33)17-20-9-10-23(36-20)25(35)31-16-19-6-1-3-7-21(19)26(28,29)30/h1-10H,11-17H2,(H,31,35). The second-order valence-electron chi connectivity index (χ2n) is 8.53. The van der Waals surface area contributed by atoms with Gasteiger partial charge in [-0.05, 0) is 35.4 Å². The molecule has 3 aromatic rings. The molecule has 36 heavy (non-hydrogen) atoms. The summed E-state index contributed by atoms with van der Waals surface area (Å²) in [5.41, 5.74) is 0.0941. The van der Waals surface area contributed by atoms with Gasteiger partial charge in [0, 0.05) is 49.2 Å². The topological polar surface area (TPSA) is 52.7 Å². The van der Waals surface area contributed by atoms with Crippen molar-refractivity contribution in [3.8, 4) is 0 Å². The van der Waals surface area contributed by atoms with Crippen molar-refractivity contribution in [2.45, 2.75) is 25.7 Å². The average molecular weight is 536 g/mol. The van der Waals surface area contributed by atoms with Gasteiger partial charge in [0.25, 0.3) is 5.91 Å². The summed E-state index contributed by atoms with van der Waals surface area (Å²) in [6.07, 6.45) is -4.20. The predicted octanol–water partition coefficient (Wildman–Crippen LogP) is 5.24. The number of benzene rings is 2. The lowest BCUT2D eigenvalue weighted by molar-refractivity contribution is -0.138. The molecule has 5 nitrogen and oxygen atoms in total. The Kier molecular flexibility index (Phi) is 8.33. The molecule has 2 aromatic carbocycles. The number of hydrogen-bond acceptors (Lipinski definition) is 4. The third kappa shape index (κ3) is 6.66. The van der Waals surface area contributed by atoms with Gasteiger partial charge in [0.15, 0.2) is 0 Å². The van der Waals surface area contributed by atoms with Crippen LogP contribution in [0.25, 0.3) is 0 Å². The Bertz CT molecular complexity index is 1220. The van der Waals surface area contributed by atoms with E-state index in [1.165, 1.54) is 29.5 Å². The highest BCUT2D eigenvalue weighted by Crippen LogP contribution is 2.32. The molecule has 1 fully saturated rings. The van der Waals surface area contributed by atoms with Gasteiger partial charge in [-0.15, -0.1) is 11.3 Å². The van der Waals surface area contributed by atoms with Crippen LogP contribution in [0.1, 0.15) is 31.2 Å². The summed E-state index contributed by atoms with van der Waals surface area (Å²) in [7, 11) is 0. The number of carbonyl (C=O) groups excluding carboxylic acids is 2. The average Bonchev–Trinajstić information content (AvgIpc) is 3.32. The number of halogens is 4. The molecule has 0 atom stereocenters. The number of piperazine rings is 1. The molecule has 0 saturated carbocycles. The fourth-order valence-electron chi connectivity index (χ4n) is 4.09. The van der Waals surface area contributed by atoms with Crippen molar-refractivity contribution in [2.75, 3.05) is 26.2 Å². The smallest absolute Gasteiger partial charge is 0.347 e. The highest BCUT2D eigenvalue weighted by atomic mass is 35.5. The quantitative estimate of drug-likeness (QED) is 0.450. The van der Waals surface area contributed by atoms with Crippen LogP contribution in [0.15, 0.2) is 60.7 Å². The van der Waals surface area contributed by atoms with Gasteiger partial charge in [0.1, 0.15) is 0 Å². The molecule has 2 heterocycles. The summed E-state index contributed by atoms with van der Waals surface area (Å²) in [6.45, 7) is 3.08. The summed E-state index contributed by atoms with van der Waals surface area (Å²) >= 11 is 7.49. The zero-order valence-electron chi connectivity index (χ0n) is 19.4. The molecule has 0 spiro atoms. The second-order valence-corrected chi connectivity index (χ2v) is 10.1. The van der Waals surface area contributed by atoms with E-state index in [0.717, 1.165) is 16.5 Å². The van der Waals surface area contributed by atoms with Gasteiger partial charge in [-0.2, -0.15) is 13.2 Å². The van der Waals surface area contributed by atoms with E-state index in [4.69, 9.17) is 11.6 Å². The van der Waals surface area contributed by atoms with Gasteiger partial charge in [-0.1, -0.05) is 48.0 Å². The normalized spacial score (nSPS) is 14.6. The zero-order valence-corrected chi connectivity index (χ0v) is 20.9. The molecule has 0 radical (unpaired) electrons. The van der Waals surface area contributed by atoms with E-state index in [9.17, 15) is 22.8 Å². The molecule has 4 rings (SSSR count). The third-order valence-electron chi connectivity index (χ3n) is 6.05. The first-order chi connectivity index (χ1) is 17.2. The number of nitrogens with one attached hydrogen (secondary N) is 1. The van der Waals surface area contributed by atoms with Crippen LogP contribution in [0.3, 0.4) is 0 Å². The van der Waals surface area contributed by atoms with Gasteiger partial charge in [-0.25, -0.2) is 0 Å². The molecule has 0 bridgehead atoms. The van der Waals surface area contributed by atoms with Crippen molar-refractivity contribution in [1.29, 1.82) is 0 Å². The number of alkyl halides is 3. The Hall–Kier alpha value is -2.88. The van der Waals surface area contributed by atoms with Crippen molar-refractivity contribution in [1.82, 2.24) is 15.1 Å². The zero-order chi connectivity index (χ0) is 25.7. The number of rotatable bonds is 7. The summed E-state index contributed by atoms with van der Waals surface area (Å²) in [4.78, 5) is 30.7. The largest absolute Gasteiger partial charge is 0.416 e. The first-order valence-electron chi connectivity index (χ1n) is 11.5. The molecule has 1 N–H and O–H groups in total. The van der Waals surface area contributed by atoms with Gasteiger partial charge < -0.3 is 10.2 Å². The van der Waals surface area contributed by atoms with Crippen molar-refractivity contribution >= 4 is 34.8 Å². The predicted molar refractivity (Wildman–Crippen MR) is 134 cm³/mol. The lowest BCUT2D eigenvalue weighted by atomic mass is 10.1. The van der Waals surface area contributed by atoms with E-state index >= 15 is 0 Å². The van der Waals surface area contributed by atoms with Crippen molar-refractivity contribution < 1.29 is 22.8 Å². The van der Waals surface area contributed by atoms with E-state index in [-0.39, 0.29) is 24.4 Å². The van der Waals surface area contributed by atoms with Crippen molar-refractivity contribution in [3.63, 3.8) is 0 Å². The van der Waals surface area contributed by atoms with Crippen LogP contribution in [0.5, 0.6) is 0 Å². The summed E-state index contributed by atoms with van der Waals surface area (Å²) in [5.74, 6) is -0.358. The molecular formula is C26H25ClF3N3O2S. The Morgan fingerprint density at radius 1 is 0.917 bits per heavy atom. The summed E-state index contributed by atoms with van der Waals surface area (Å²) in [5, 5.41) is 3.18. The summed E-state index contributed by atoms with van der Waals surface area (Å²) < 4.78 is 39.5. The molecule has 1 aliphatic rings. The first-order valence-corrected chi connectivity index (χ1v) is 12.7. The molecule has 0 unspecified atom stereocenters. The third-order valence-corrected chi connectivity index (χ3v) is 7.49. The van der Waals surface area contributed by atoms with Crippen LogP contribution in [-0.2, 0) is 30.5 Å². The van der Waals surface area contributed by atoms with Gasteiger partial charge in [0.2, 0.25) is 5.91 Å². The second kappa shape index (κ2) is 11.5. The van der Waals surface area contributed by atoms with Crippen molar-refractivity contribution in [3.05, 3.63) is 92.1 Å². The number of amides is 2. The minimum atomic E-state index is -4.47. The highest BCUT2D eigenvalue weighted by Gasteiger charge is 2.33. The van der Waals surface area contributed by atoms with Gasteiger partial charge >= 0.3 is 6.18 Å². The van der Waals surface area contributed by atoms with Crippen molar-refractivity contribution in [2.24, 2.45) is 0 Å². The monoisotopic (exact) mass is 535 g/mol. The molecule has 0 aliphatic carbocycles. The van der Waals surface area contributed by atoms with Gasteiger partial charge in [0.05, 0.1) is 16.9 Å². The van der Waals surface area contributed by atoms with E-state index in [0.29, 0.717) is 42.6 Å². The van der Waals surface area contributed by atoms with E-state index in [1.54, 1.807) is 12.1 Å². The Morgan fingerprint density at radius 3 is 2.28 bits per heavy atom. The first kappa shape index (κ1) is 26.2. The minimum Gasteiger partial charge on any atom is -0.347 e. The number of hydrogen-bond donors (Lipinski definition) is 1. The van der Waals surface area contributed by atoms with E-state index in [1.807, 2.05) is 29.2 Å². The lowest BCUT2D eigenvalue weighted by Crippen LogP contribution is -2.48. The highest BCUT2D eigenvalue weighted by molar-refractivity contribution is 7.14. The molecule has 1 aromatic heterocycles. The molecule has 2 amide bonds. The molecule has 10 heteroatoms. The lowest BCUT2D eigenvalue weighted by Gasteiger charge is -2.34. The Labute approximate surface area is 216 Å². The number of nitrogens with zero attached hydrogens (tertiary/aromatic N) is 2. The molecular weight excluding hydrogens is 511 g/mol. The van der Waals surface area contributed by atoms with Crippen LogP contribution in [0.2, 0.25) is 5.02 Å². The molecule has 1 aliphatic heterocycles. The summed E-state index contributed by atoms with van der Waals surface area (Å²) in [6, 6.07) is 16.1. The molecule has 190 valence electrons. The SMILES string of the molecule is O=C(NCc1ccccc1C(F)(F)F)c1ccc(CN2CCN(C(=O)Cc3ccccc3Cl)CC2)s1. The maximum Gasteiger partial charge on any atom is 0.416 e. The number of carbonyl (C=O) groups is 2. The Balaban J connectivity index is 1.26. The van der Waals surface area contributed by atoms with Crippen LogP contribution in [0, 0.1) is 0 Å². The minimum absolute atomic E-state index is 0.0251. The fraction of sp³-hybridized carbons (Fsp3) is 0.308. The van der Waals surface area contributed by atoms with E-state index in [2.05, 4.69) is 10.2 Å². The van der Waals surface area contributed by atoms with Crippen LogP contribution in [0.4, 0.5) is 13.2 Å². The maximum atomic E-state index is 13.2. The Morgan fingerprint density at radius 2 is 1.58 bits per heavy atom. The number of thiophene rings is 1. The van der Waals surface area contributed by atoms with Crippen LogP contribution >= 0.6 is 22.9 Å². The van der Waals surface area contributed by atoms with Crippen LogP contribution < -0.4 is 5.32 Å². The molecule has 1 saturated heterocycles. The maximum absolute atomic E-state index is 13.2. The fourth-order valence-corrected chi connectivity index (χ4v) is 5.26.